The molecule has 3 atom stereocenters. The summed E-state index contributed by atoms with van der Waals surface area (Å²) in [7, 11) is 3.99. The second-order valence-corrected chi connectivity index (χ2v) is 10.1. The molecule has 1 aromatic carbocycles. The molecule has 27 heavy (non-hydrogen) atoms. The molecule has 8 heteroatoms. The second kappa shape index (κ2) is 6.06. The number of likely N-dealkylation sites (N-methyl/N-ethyl adjacent to an activating group) is 1. The molecular weight excluding hydrogens is 384 g/mol. The summed E-state index contributed by atoms with van der Waals surface area (Å²) >= 11 is 0. The van der Waals surface area contributed by atoms with Gasteiger partial charge in [0, 0.05) is 7.05 Å². The zero-order chi connectivity index (χ0) is 19.6. The van der Waals surface area contributed by atoms with Gasteiger partial charge >= 0.3 is 0 Å². The molecule has 4 rings (SSSR count). The first-order valence-corrected chi connectivity index (χ1v) is 11.0. The van der Waals surface area contributed by atoms with Crippen molar-refractivity contribution < 1.29 is 19.1 Å². The zero-order valence-electron chi connectivity index (χ0n) is 15.7. The number of piperazine rings is 1. The third-order valence-corrected chi connectivity index (χ3v) is 7.81. The summed E-state index contributed by atoms with van der Waals surface area (Å²) in [6, 6.07) is 4.96. The van der Waals surface area contributed by atoms with Gasteiger partial charge in [0.2, 0.25) is 12.7 Å². The highest BCUT2D eigenvalue weighted by Gasteiger charge is 2.66. The summed E-state index contributed by atoms with van der Waals surface area (Å²) in [4.78, 5) is 29.0. The highest BCUT2D eigenvalue weighted by atomic mass is 33.1. The summed E-state index contributed by atoms with van der Waals surface area (Å²) in [5, 5.41) is 0. The number of carbonyl (C=O) groups excluding carboxylic acids is 2. The number of benzene rings is 1. The van der Waals surface area contributed by atoms with Gasteiger partial charge in [-0.25, -0.2) is 0 Å². The zero-order valence-corrected chi connectivity index (χ0v) is 17.4. The molecule has 0 saturated carbocycles. The Labute approximate surface area is 166 Å². The summed E-state index contributed by atoms with van der Waals surface area (Å²) in [6.07, 6.45) is 0.523. The molecule has 0 aliphatic carbocycles. The number of hydrogen-bond donors (Lipinski definition) is 0. The molecule has 3 heterocycles. The highest BCUT2D eigenvalue weighted by molar-refractivity contribution is 8.72. The fourth-order valence-corrected chi connectivity index (χ4v) is 6.72. The van der Waals surface area contributed by atoms with E-state index >= 15 is 0 Å². The van der Waals surface area contributed by atoms with E-state index in [0.29, 0.717) is 17.9 Å². The molecule has 0 spiro atoms. The molecule has 0 unspecified atom stereocenters. The molecule has 0 bridgehead atoms. The fourth-order valence-electron chi connectivity index (χ4n) is 4.53. The van der Waals surface area contributed by atoms with Crippen LogP contribution >= 0.6 is 21.0 Å². The van der Waals surface area contributed by atoms with Crippen molar-refractivity contribution in [1.82, 2.24) is 9.80 Å². The van der Waals surface area contributed by atoms with Crippen molar-refractivity contribution in [1.29, 1.82) is 0 Å². The highest BCUT2D eigenvalue weighted by Crippen LogP contribution is 2.61. The molecular formula is C19H22N2O4S2. The van der Waals surface area contributed by atoms with Gasteiger partial charge in [0.05, 0.1) is 6.04 Å². The van der Waals surface area contributed by atoms with Gasteiger partial charge in [-0.2, -0.15) is 0 Å². The van der Waals surface area contributed by atoms with Crippen molar-refractivity contribution in [2.45, 2.75) is 44.1 Å². The molecule has 2 fully saturated rings. The molecule has 2 amide bonds. The van der Waals surface area contributed by atoms with Gasteiger partial charge in [0.15, 0.2) is 16.4 Å². The van der Waals surface area contributed by atoms with E-state index < -0.39 is 10.9 Å². The maximum Gasteiger partial charge on any atom is 0.260 e. The van der Waals surface area contributed by atoms with Gasteiger partial charge in [-0.1, -0.05) is 35.8 Å². The third-order valence-electron chi connectivity index (χ3n) is 5.81. The maximum absolute atomic E-state index is 13.4. The molecule has 2 saturated heterocycles. The lowest BCUT2D eigenvalue weighted by Crippen LogP contribution is -2.66. The fraction of sp³-hybridized carbons (Fsp3) is 0.526. The number of fused-ring (bicyclic) bond motifs is 2. The lowest BCUT2D eigenvalue weighted by molar-refractivity contribution is -0.161. The van der Waals surface area contributed by atoms with Gasteiger partial charge in [0.1, 0.15) is 6.04 Å². The lowest BCUT2D eigenvalue weighted by Gasteiger charge is -2.47. The lowest BCUT2D eigenvalue weighted by atomic mass is 9.80. The van der Waals surface area contributed by atoms with E-state index in [1.807, 2.05) is 18.2 Å². The predicted octanol–water partition coefficient (Wildman–Crippen LogP) is 3.24. The first-order chi connectivity index (χ1) is 12.7. The van der Waals surface area contributed by atoms with Crippen LogP contribution in [0.2, 0.25) is 0 Å². The predicted molar refractivity (Wildman–Crippen MR) is 106 cm³/mol. The minimum absolute atomic E-state index is 0.0631. The van der Waals surface area contributed by atoms with Crippen molar-refractivity contribution in [2.75, 3.05) is 13.8 Å². The van der Waals surface area contributed by atoms with Crippen molar-refractivity contribution in [3.05, 3.63) is 23.8 Å². The van der Waals surface area contributed by atoms with Gasteiger partial charge in [-0.05, 0) is 47.2 Å². The number of ether oxygens (including phenoxy) is 2. The molecule has 1 aromatic rings. The van der Waals surface area contributed by atoms with Crippen LogP contribution in [-0.2, 0) is 9.59 Å². The van der Waals surface area contributed by atoms with E-state index in [9.17, 15) is 9.59 Å². The topological polar surface area (TPSA) is 59.1 Å². The Hall–Kier alpha value is -1.89. The Kier molecular flexibility index (Phi) is 4.14. The molecule has 0 aromatic heterocycles. The summed E-state index contributed by atoms with van der Waals surface area (Å²) < 4.78 is 10.9. The minimum atomic E-state index is -1.01. The van der Waals surface area contributed by atoms with E-state index in [0.717, 1.165) is 15.8 Å². The molecule has 0 N–H and O–H groups in total. The average molecular weight is 407 g/mol. The number of carbonyl (C=O) groups is 2. The summed E-state index contributed by atoms with van der Waals surface area (Å²) in [6.45, 7) is 6.15. The van der Waals surface area contributed by atoms with Crippen molar-refractivity contribution in [2.24, 2.45) is 5.41 Å². The Bertz CT molecular complexity index is 881. The number of hydrogen-bond acceptors (Lipinski definition) is 5. The quantitative estimate of drug-likeness (QED) is 0.706. The average Bonchev–Trinajstić information content (AvgIpc) is 3.18. The van der Waals surface area contributed by atoms with Crippen LogP contribution in [0.25, 0.3) is 0 Å². The standard InChI is InChI=1S/C19H22N2O4S2/c1-11-16(22)21-15(12-6-7-13-14(8-12)25-10-24-13)18(2,3)9-19(21,27-26-5)17(23)20(11)4/h5-8,11,15H,9-10H2,1-4H3/t11-,15+,19+/m0/s1. The van der Waals surface area contributed by atoms with Crippen LogP contribution in [0.3, 0.4) is 0 Å². The number of amides is 2. The molecule has 3 aliphatic rings. The molecule has 0 radical (unpaired) electrons. The maximum atomic E-state index is 13.4. The van der Waals surface area contributed by atoms with E-state index in [1.165, 1.54) is 10.8 Å². The smallest absolute Gasteiger partial charge is 0.260 e. The van der Waals surface area contributed by atoms with Crippen LogP contribution in [0.15, 0.2) is 18.2 Å². The van der Waals surface area contributed by atoms with Crippen molar-refractivity contribution in [3.8, 4) is 17.2 Å². The van der Waals surface area contributed by atoms with E-state index in [2.05, 4.69) is 13.8 Å². The largest absolute Gasteiger partial charge is 0.454 e. The second-order valence-electron chi connectivity index (χ2n) is 7.94. The van der Waals surface area contributed by atoms with Gasteiger partial charge in [-0.3, -0.25) is 9.59 Å². The van der Waals surface area contributed by atoms with Gasteiger partial charge in [0.25, 0.3) is 5.91 Å². The molecule has 3 aliphatic heterocycles. The first-order valence-electron chi connectivity index (χ1n) is 8.77. The van der Waals surface area contributed by atoms with Crippen LogP contribution in [0.5, 0.6) is 11.5 Å². The Morgan fingerprint density at radius 3 is 2.63 bits per heavy atom. The van der Waals surface area contributed by atoms with Gasteiger partial charge in [-0.15, -0.1) is 0 Å². The molecule has 144 valence electrons. The number of nitrogens with zero attached hydrogens (tertiary/aromatic N) is 2. The van der Waals surface area contributed by atoms with E-state index in [-0.39, 0.29) is 30.1 Å². The van der Waals surface area contributed by atoms with Crippen molar-refractivity contribution >= 4 is 32.8 Å². The Balaban J connectivity index is 1.88. The third kappa shape index (κ3) is 2.47. The monoisotopic (exact) mass is 406 g/mol. The van der Waals surface area contributed by atoms with Crippen LogP contribution in [0, 0.1) is 11.1 Å². The van der Waals surface area contributed by atoms with E-state index in [4.69, 9.17) is 15.2 Å². The SMILES string of the molecule is C#SS[C@@]12CC(C)(C)[C@@H](c3ccc4c(c3)OCO4)N1C(=O)[C@H](C)N(C)C2=O. The first kappa shape index (κ1) is 18.5. The normalized spacial score (nSPS) is 31.2. The van der Waals surface area contributed by atoms with Crippen LogP contribution < -0.4 is 9.47 Å². The summed E-state index contributed by atoms with van der Waals surface area (Å²) in [5.41, 5.74) is 6.39. The van der Waals surface area contributed by atoms with Gasteiger partial charge < -0.3 is 19.3 Å². The van der Waals surface area contributed by atoms with Crippen LogP contribution in [-0.4, -0.2) is 46.4 Å². The van der Waals surface area contributed by atoms with Crippen LogP contribution in [0.4, 0.5) is 0 Å². The van der Waals surface area contributed by atoms with Crippen molar-refractivity contribution in [3.63, 3.8) is 0 Å². The number of rotatable bonds is 2. The molecule has 6 nitrogen and oxygen atoms in total. The van der Waals surface area contributed by atoms with E-state index in [1.54, 1.807) is 23.8 Å². The Morgan fingerprint density at radius 1 is 1.22 bits per heavy atom. The minimum Gasteiger partial charge on any atom is -0.454 e. The Morgan fingerprint density at radius 2 is 1.93 bits per heavy atom. The van der Waals surface area contributed by atoms with Crippen LogP contribution in [0.1, 0.15) is 38.8 Å². The summed E-state index contributed by atoms with van der Waals surface area (Å²) in [5.74, 6) is 1.23.